The number of hydrogen-bond acceptors (Lipinski definition) is 5. The van der Waals surface area contributed by atoms with Crippen molar-refractivity contribution in [3.63, 3.8) is 0 Å². The Morgan fingerprint density at radius 2 is 1.73 bits per heavy atom. The molecule has 2 N–H and O–H groups in total. The zero-order valence-corrected chi connectivity index (χ0v) is 15.4. The van der Waals surface area contributed by atoms with Gasteiger partial charge in [-0.05, 0) is 45.4 Å². The largest absolute Gasteiger partial charge is 0.273 e. The predicted octanol–water partition coefficient (Wildman–Crippen LogP) is 2.91. The number of carbonyl (C=O) groups is 1. The SMILES string of the molecule is CCc1c(C(=O)NNc2nc(C)cc(C)n2)cnn1-c1ccc(C)cc1. The summed E-state index contributed by atoms with van der Waals surface area (Å²) < 4.78 is 1.79. The molecular weight excluding hydrogens is 328 g/mol. The fourth-order valence-corrected chi connectivity index (χ4v) is 2.77. The average Bonchev–Trinajstić information content (AvgIpc) is 3.03. The topological polar surface area (TPSA) is 84.7 Å². The Bertz CT molecular complexity index is 909. The minimum Gasteiger partial charge on any atom is -0.267 e. The number of benzene rings is 1. The number of hydrazine groups is 1. The van der Waals surface area contributed by atoms with Crippen LogP contribution < -0.4 is 10.9 Å². The van der Waals surface area contributed by atoms with E-state index in [1.165, 1.54) is 5.56 Å². The van der Waals surface area contributed by atoms with E-state index in [2.05, 4.69) is 25.9 Å². The van der Waals surface area contributed by atoms with Crippen molar-refractivity contribution in [2.24, 2.45) is 0 Å². The number of hydrogen-bond donors (Lipinski definition) is 2. The second kappa shape index (κ2) is 7.35. The molecule has 3 rings (SSSR count). The molecule has 0 saturated carbocycles. The number of carbonyl (C=O) groups excluding carboxylic acids is 1. The van der Waals surface area contributed by atoms with Crippen molar-refractivity contribution < 1.29 is 4.79 Å². The number of nitrogens with zero attached hydrogens (tertiary/aromatic N) is 4. The van der Waals surface area contributed by atoms with Gasteiger partial charge in [0.15, 0.2) is 0 Å². The molecule has 0 bridgehead atoms. The van der Waals surface area contributed by atoms with Gasteiger partial charge in [0.2, 0.25) is 5.95 Å². The van der Waals surface area contributed by atoms with E-state index in [-0.39, 0.29) is 5.91 Å². The molecule has 0 aliphatic rings. The lowest BCUT2D eigenvalue weighted by Gasteiger charge is -2.10. The van der Waals surface area contributed by atoms with Crippen molar-refractivity contribution in [3.05, 3.63) is 64.7 Å². The highest BCUT2D eigenvalue weighted by atomic mass is 16.2. The number of aryl methyl sites for hydroxylation is 3. The van der Waals surface area contributed by atoms with Crippen LogP contribution in [-0.2, 0) is 6.42 Å². The normalized spacial score (nSPS) is 10.6. The van der Waals surface area contributed by atoms with Gasteiger partial charge in [0, 0.05) is 11.4 Å². The van der Waals surface area contributed by atoms with Crippen molar-refractivity contribution in [2.45, 2.75) is 34.1 Å². The number of rotatable bonds is 5. The maximum absolute atomic E-state index is 12.6. The zero-order valence-electron chi connectivity index (χ0n) is 15.4. The molecule has 0 fully saturated rings. The van der Waals surface area contributed by atoms with Gasteiger partial charge in [-0.1, -0.05) is 24.6 Å². The number of nitrogens with one attached hydrogen (secondary N) is 2. The minimum absolute atomic E-state index is 0.275. The molecule has 1 aromatic carbocycles. The van der Waals surface area contributed by atoms with E-state index in [1.54, 1.807) is 10.9 Å². The standard InChI is InChI=1S/C19H22N6O/c1-5-17-16(11-20-25(17)15-8-6-12(2)7-9-15)18(26)23-24-19-21-13(3)10-14(4)22-19/h6-11H,5H2,1-4H3,(H,23,26)(H,21,22,24). The summed E-state index contributed by atoms with van der Waals surface area (Å²) >= 11 is 0. The van der Waals surface area contributed by atoms with Crippen LogP contribution in [0.1, 0.15) is 39.9 Å². The van der Waals surface area contributed by atoms with Crippen LogP contribution >= 0.6 is 0 Å². The van der Waals surface area contributed by atoms with Crippen molar-refractivity contribution in [2.75, 3.05) is 5.43 Å². The molecule has 0 aliphatic carbocycles. The van der Waals surface area contributed by atoms with E-state index in [0.29, 0.717) is 17.9 Å². The van der Waals surface area contributed by atoms with Crippen LogP contribution in [0.15, 0.2) is 36.5 Å². The molecular formula is C19H22N6O. The third-order valence-corrected chi connectivity index (χ3v) is 4.00. The molecule has 0 radical (unpaired) electrons. The molecule has 26 heavy (non-hydrogen) atoms. The summed E-state index contributed by atoms with van der Waals surface area (Å²) in [5, 5.41) is 4.39. The maximum atomic E-state index is 12.6. The van der Waals surface area contributed by atoms with Gasteiger partial charge in [-0.15, -0.1) is 0 Å². The second-order valence-corrected chi connectivity index (χ2v) is 6.16. The summed E-state index contributed by atoms with van der Waals surface area (Å²) in [7, 11) is 0. The summed E-state index contributed by atoms with van der Waals surface area (Å²) in [5.74, 6) is 0.0859. The van der Waals surface area contributed by atoms with E-state index in [4.69, 9.17) is 0 Å². The van der Waals surface area contributed by atoms with Crippen LogP contribution in [0.4, 0.5) is 5.95 Å². The lowest BCUT2D eigenvalue weighted by Crippen LogP contribution is -2.31. The molecule has 134 valence electrons. The number of aromatic nitrogens is 4. The van der Waals surface area contributed by atoms with E-state index < -0.39 is 0 Å². The van der Waals surface area contributed by atoms with Crippen LogP contribution in [0, 0.1) is 20.8 Å². The molecule has 1 amide bonds. The van der Waals surface area contributed by atoms with Crippen LogP contribution in [0.25, 0.3) is 5.69 Å². The minimum atomic E-state index is -0.275. The quantitative estimate of drug-likeness (QED) is 0.691. The van der Waals surface area contributed by atoms with Gasteiger partial charge >= 0.3 is 0 Å². The Hall–Kier alpha value is -3.22. The van der Waals surface area contributed by atoms with Crippen molar-refractivity contribution in [1.82, 2.24) is 25.2 Å². The van der Waals surface area contributed by atoms with Gasteiger partial charge < -0.3 is 0 Å². The monoisotopic (exact) mass is 350 g/mol. The lowest BCUT2D eigenvalue weighted by atomic mass is 10.2. The van der Waals surface area contributed by atoms with E-state index in [0.717, 1.165) is 22.8 Å². The third kappa shape index (κ3) is 3.72. The van der Waals surface area contributed by atoms with Crippen LogP contribution in [-0.4, -0.2) is 25.7 Å². The molecule has 0 spiro atoms. The van der Waals surface area contributed by atoms with Crippen LogP contribution in [0.5, 0.6) is 0 Å². The Balaban J connectivity index is 1.80. The molecule has 2 aromatic heterocycles. The highest BCUT2D eigenvalue weighted by molar-refractivity contribution is 5.95. The summed E-state index contributed by atoms with van der Waals surface area (Å²) in [6, 6.07) is 9.90. The molecule has 7 nitrogen and oxygen atoms in total. The third-order valence-electron chi connectivity index (χ3n) is 4.00. The average molecular weight is 350 g/mol. The van der Waals surface area contributed by atoms with Crippen LogP contribution in [0.2, 0.25) is 0 Å². The van der Waals surface area contributed by atoms with Crippen molar-refractivity contribution in [1.29, 1.82) is 0 Å². The van der Waals surface area contributed by atoms with Gasteiger partial charge in [-0.2, -0.15) is 5.10 Å². The smallest absolute Gasteiger partial charge is 0.267 e. The van der Waals surface area contributed by atoms with Gasteiger partial charge in [0.25, 0.3) is 5.91 Å². The van der Waals surface area contributed by atoms with E-state index in [9.17, 15) is 4.79 Å². The molecule has 7 heteroatoms. The highest BCUT2D eigenvalue weighted by Gasteiger charge is 2.17. The summed E-state index contributed by atoms with van der Waals surface area (Å²) in [4.78, 5) is 21.1. The summed E-state index contributed by atoms with van der Waals surface area (Å²) in [5.41, 5.74) is 10.5. The van der Waals surface area contributed by atoms with Gasteiger partial charge in [-0.25, -0.2) is 14.6 Å². The first kappa shape index (κ1) is 17.6. The Labute approximate surface area is 152 Å². The van der Waals surface area contributed by atoms with Gasteiger partial charge in [-0.3, -0.25) is 15.6 Å². The first-order chi connectivity index (χ1) is 12.5. The Morgan fingerprint density at radius 1 is 1.08 bits per heavy atom. The maximum Gasteiger partial charge on any atom is 0.273 e. The van der Waals surface area contributed by atoms with E-state index in [1.807, 2.05) is 58.0 Å². The zero-order chi connectivity index (χ0) is 18.7. The summed E-state index contributed by atoms with van der Waals surface area (Å²) in [6.45, 7) is 7.79. The van der Waals surface area contributed by atoms with E-state index >= 15 is 0 Å². The molecule has 0 saturated heterocycles. The number of amides is 1. The lowest BCUT2D eigenvalue weighted by molar-refractivity contribution is 0.0961. The van der Waals surface area contributed by atoms with Crippen LogP contribution in [0.3, 0.4) is 0 Å². The van der Waals surface area contributed by atoms with Crippen molar-refractivity contribution in [3.8, 4) is 5.69 Å². The molecule has 3 aromatic rings. The number of anilines is 1. The molecule has 0 atom stereocenters. The summed E-state index contributed by atoms with van der Waals surface area (Å²) in [6.07, 6.45) is 2.26. The fourth-order valence-electron chi connectivity index (χ4n) is 2.77. The molecule has 0 aliphatic heterocycles. The first-order valence-corrected chi connectivity index (χ1v) is 8.50. The van der Waals surface area contributed by atoms with Crippen molar-refractivity contribution >= 4 is 11.9 Å². The second-order valence-electron chi connectivity index (χ2n) is 6.16. The highest BCUT2D eigenvalue weighted by Crippen LogP contribution is 2.16. The predicted molar refractivity (Wildman–Crippen MR) is 100 cm³/mol. The first-order valence-electron chi connectivity index (χ1n) is 8.50. The fraction of sp³-hybridized carbons (Fsp3) is 0.263. The van der Waals surface area contributed by atoms with Gasteiger partial charge in [0.1, 0.15) is 0 Å². The molecule has 2 heterocycles. The molecule has 0 unspecified atom stereocenters. The Morgan fingerprint density at radius 3 is 2.35 bits per heavy atom. The Kier molecular flexibility index (Phi) is 4.97. The van der Waals surface area contributed by atoms with Gasteiger partial charge in [0.05, 0.1) is 23.1 Å².